The highest BCUT2D eigenvalue weighted by Gasteiger charge is 2.14. The van der Waals surface area contributed by atoms with Crippen LogP contribution in [0, 0.1) is 0 Å². The number of ether oxygens (including phenoxy) is 1. The molecule has 0 atom stereocenters. The van der Waals surface area contributed by atoms with E-state index in [0.29, 0.717) is 23.2 Å². The van der Waals surface area contributed by atoms with Crippen molar-refractivity contribution in [3.63, 3.8) is 0 Å². The Bertz CT molecular complexity index is 427. The lowest BCUT2D eigenvalue weighted by molar-refractivity contribution is 0.301. The van der Waals surface area contributed by atoms with E-state index in [2.05, 4.69) is 33.0 Å². The van der Waals surface area contributed by atoms with Crippen LogP contribution in [0.3, 0.4) is 0 Å². The summed E-state index contributed by atoms with van der Waals surface area (Å²) in [6, 6.07) is 3.65. The van der Waals surface area contributed by atoms with Gasteiger partial charge in [0.2, 0.25) is 0 Å². The summed E-state index contributed by atoms with van der Waals surface area (Å²) in [6.07, 6.45) is 3.39. The van der Waals surface area contributed by atoms with E-state index in [4.69, 9.17) is 27.9 Å². The van der Waals surface area contributed by atoms with Crippen molar-refractivity contribution in [3.8, 4) is 5.75 Å². The largest absolute Gasteiger partial charge is 0.492 e. The summed E-state index contributed by atoms with van der Waals surface area (Å²) in [7, 11) is 0. The average Bonchev–Trinajstić information content (AvgIpc) is 2.33. The summed E-state index contributed by atoms with van der Waals surface area (Å²) in [5.74, 6) is 0.754. The first-order valence-electron chi connectivity index (χ1n) is 7.19. The molecule has 20 heavy (non-hydrogen) atoms. The molecule has 0 aliphatic rings. The Kier molecular flexibility index (Phi) is 7.14. The van der Waals surface area contributed by atoms with Crippen molar-refractivity contribution in [2.24, 2.45) is 0 Å². The van der Waals surface area contributed by atoms with Crippen LogP contribution in [0.1, 0.15) is 52.5 Å². The Morgan fingerprint density at radius 1 is 1.15 bits per heavy atom. The van der Waals surface area contributed by atoms with Crippen molar-refractivity contribution in [2.75, 3.05) is 6.61 Å². The van der Waals surface area contributed by atoms with Crippen molar-refractivity contribution >= 4 is 23.2 Å². The summed E-state index contributed by atoms with van der Waals surface area (Å²) in [5.41, 5.74) is 1.04. The number of hydrogen-bond donors (Lipinski definition) is 1. The van der Waals surface area contributed by atoms with Crippen LogP contribution in [0.25, 0.3) is 0 Å². The van der Waals surface area contributed by atoms with E-state index >= 15 is 0 Å². The molecule has 0 spiro atoms. The topological polar surface area (TPSA) is 21.3 Å². The van der Waals surface area contributed by atoms with Crippen molar-refractivity contribution in [1.29, 1.82) is 0 Å². The number of halogens is 2. The first-order chi connectivity index (χ1) is 9.33. The van der Waals surface area contributed by atoms with Crippen molar-refractivity contribution in [1.82, 2.24) is 5.32 Å². The third kappa shape index (κ3) is 6.34. The lowest BCUT2D eigenvalue weighted by Gasteiger charge is -2.22. The standard InChI is InChI=1S/C16H25Cl2NO/c1-5-6-7-8-20-15-12(11-19-16(2,3)4)9-13(17)10-14(15)18/h9-10,19H,5-8,11H2,1-4H3. The fourth-order valence-corrected chi connectivity index (χ4v) is 2.38. The zero-order valence-corrected chi connectivity index (χ0v) is 14.4. The zero-order valence-electron chi connectivity index (χ0n) is 12.9. The normalized spacial score (nSPS) is 11.7. The van der Waals surface area contributed by atoms with Crippen molar-refractivity contribution < 1.29 is 4.74 Å². The van der Waals surface area contributed by atoms with Gasteiger partial charge in [0.15, 0.2) is 0 Å². The van der Waals surface area contributed by atoms with Gasteiger partial charge in [-0.15, -0.1) is 0 Å². The summed E-state index contributed by atoms with van der Waals surface area (Å²) in [5, 5.41) is 4.66. The Labute approximate surface area is 132 Å². The number of rotatable bonds is 7. The molecular formula is C16H25Cl2NO. The zero-order chi connectivity index (χ0) is 15.2. The Morgan fingerprint density at radius 2 is 1.85 bits per heavy atom. The van der Waals surface area contributed by atoms with E-state index in [0.717, 1.165) is 17.7 Å². The molecule has 4 heteroatoms. The molecule has 1 N–H and O–H groups in total. The average molecular weight is 318 g/mol. The molecule has 1 aromatic rings. The van der Waals surface area contributed by atoms with Gasteiger partial charge >= 0.3 is 0 Å². The third-order valence-corrected chi connectivity index (χ3v) is 3.39. The maximum absolute atomic E-state index is 6.26. The van der Waals surface area contributed by atoms with E-state index in [-0.39, 0.29) is 5.54 Å². The van der Waals surface area contributed by atoms with Gasteiger partial charge in [0.1, 0.15) is 5.75 Å². The predicted octanol–water partition coefficient (Wildman–Crippen LogP) is 5.45. The molecule has 0 fully saturated rings. The van der Waals surface area contributed by atoms with Gasteiger partial charge in [-0.25, -0.2) is 0 Å². The van der Waals surface area contributed by atoms with E-state index in [1.54, 1.807) is 6.07 Å². The molecule has 0 amide bonds. The summed E-state index contributed by atoms with van der Waals surface area (Å²) < 4.78 is 5.86. The minimum atomic E-state index is 0.0360. The van der Waals surface area contributed by atoms with Crippen LogP contribution >= 0.6 is 23.2 Å². The highest BCUT2D eigenvalue weighted by Crippen LogP contribution is 2.33. The Balaban J connectivity index is 2.79. The lowest BCUT2D eigenvalue weighted by Crippen LogP contribution is -2.35. The highest BCUT2D eigenvalue weighted by molar-refractivity contribution is 6.35. The molecule has 1 aromatic carbocycles. The summed E-state index contributed by atoms with van der Waals surface area (Å²) in [4.78, 5) is 0. The SMILES string of the molecule is CCCCCOc1c(Cl)cc(Cl)cc1CNC(C)(C)C. The predicted molar refractivity (Wildman–Crippen MR) is 88.1 cm³/mol. The van der Waals surface area contributed by atoms with Crippen LogP contribution in [0.5, 0.6) is 5.75 Å². The third-order valence-electron chi connectivity index (χ3n) is 2.89. The second-order valence-electron chi connectivity index (χ2n) is 6.03. The van der Waals surface area contributed by atoms with Crippen LogP contribution in [0.15, 0.2) is 12.1 Å². The minimum absolute atomic E-state index is 0.0360. The van der Waals surface area contributed by atoms with E-state index in [1.165, 1.54) is 12.8 Å². The number of nitrogens with one attached hydrogen (secondary N) is 1. The first kappa shape index (κ1) is 17.6. The maximum Gasteiger partial charge on any atom is 0.142 e. The summed E-state index contributed by atoms with van der Waals surface area (Å²) >= 11 is 12.3. The highest BCUT2D eigenvalue weighted by atomic mass is 35.5. The second kappa shape index (κ2) is 8.11. The van der Waals surface area contributed by atoms with Gasteiger partial charge in [0.05, 0.1) is 11.6 Å². The number of unbranched alkanes of at least 4 members (excludes halogenated alkanes) is 2. The van der Waals surface area contributed by atoms with Crippen LogP contribution in [-0.4, -0.2) is 12.1 Å². The van der Waals surface area contributed by atoms with Crippen molar-refractivity contribution in [2.45, 2.75) is 59.0 Å². The molecule has 0 radical (unpaired) electrons. The van der Waals surface area contributed by atoms with Crippen molar-refractivity contribution in [3.05, 3.63) is 27.7 Å². The fourth-order valence-electron chi connectivity index (χ4n) is 1.79. The molecule has 0 aromatic heterocycles. The minimum Gasteiger partial charge on any atom is -0.492 e. The van der Waals surface area contributed by atoms with Gasteiger partial charge in [-0.1, -0.05) is 43.0 Å². The first-order valence-corrected chi connectivity index (χ1v) is 7.95. The van der Waals surface area contributed by atoms with Gasteiger partial charge < -0.3 is 10.1 Å². The van der Waals surface area contributed by atoms with E-state index in [1.807, 2.05) is 6.07 Å². The van der Waals surface area contributed by atoms with E-state index < -0.39 is 0 Å². The van der Waals surface area contributed by atoms with Gasteiger partial charge in [-0.3, -0.25) is 0 Å². The molecule has 0 aliphatic heterocycles. The number of hydrogen-bond acceptors (Lipinski definition) is 2. The monoisotopic (exact) mass is 317 g/mol. The molecule has 0 aliphatic carbocycles. The van der Waals surface area contributed by atoms with Gasteiger partial charge in [0.25, 0.3) is 0 Å². The molecule has 0 saturated carbocycles. The van der Waals surface area contributed by atoms with Gasteiger partial charge in [0, 0.05) is 22.7 Å². The van der Waals surface area contributed by atoms with Crippen LogP contribution < -0.4 is 10.1 Å². The molecule has 0 saturated heterocycles. The smallest absolute Gasteiger partial charge is 0.142 e. The Morgan fingerprint density at radius 3 is 2.45 bits per heavy atom. The quantitative estimate of drug-likeness (QED) is 0.675. The van der Waals surface area contributed by atoms with Crippen LogP contribution in [0.4, 0.5) is 0 Å². The number of benzene rings is 1. The molecule has 1 rings (SSSR count). The fraction of sp³-hybridized carbons (Fsp3) is 0.625. The second-order valence-corrected chi connectivity index (χ2v) is 6.88. The molecular weight excluding hydrogens is 293 g/mol. The maximum atomic E-state index is 6.26. The van der Waals surface area contributed by atoms with Crippen LogP contribution in [0.2, 0.25) is 10.0 Å². The Hall–Kier alpha value is -0.440. The van der Waals surface area contributed by atoms with Crippen LogP contribution in [-0.2, 0) is 6.54 Å². The van der Waals surface area contributed by atoms with Gasteiger partial charge in [-0.2, -0.15) is 0 Å². The summed E-state index contributed by atoms with van der Waals surface area (Å²) in [6.45, 7) is 9.93. The molecule has 0 bridgehead atoms. The lowest BCUT2D eigenvalue weighted by atomic mass is 10.1. The van der Waals surface area contributed by atoms with Gasteiger partial charge in [-0.05, 0) is 39.3 Å². The van der Waals surface area contributed by atoms with E-state index in [9.17, 15) is 0 Å². The molecule has 114 valence electrons. The molecule has 0 heterocycles. The molecule has 0 unspecified atom stereocenters. The molecule has 2 nitrogen and oxygen atoms in total.